The van der Waals surface area contributed by atoms with Crippen LogP contribution >= 0.6 is 0 Å². The van der Waals surface area contributed by atoms with Crippen molar-refractivity contribution in [1.82, 2.24) is 14.9 Å². The van der Waals surface area contributed by atoms with Crippen molar-refractivity contribution >= 4 is 11.7 Å². The largest absolute Gasteiger partial charge is 0.391 e. The number of nitrogens with one attached hydrogen (secondary N) is 1. The fraction of sp³-hybridized carbons (Fsp3) is 0.476. The van der Waals surface area contributed by atoms with Crippen LogP contribution in [0.2, 0.25) is 0 Å². The predicted octanol–water partition coefficient (Wildman–Crippen LogP) is 2.26. The van der Waals surface area contributed by atoms with Gasteiger partial charge in [0.1, 0.15) is 11.6 Å². The molecular formula is C21H25FN4O2. The van der Waals surface area contributed by atoms with Gasteiger partial charge in [0.2, 0.25) is 5.91 Å². The van der Waals surface area contributed by atoms with Crippen LogP contribution in [0.5, 0.6) is 0 Å². The van der Waals surface area contributed by atoms with Crippen molar-refractivity contribution in [3.63, 3.8) is 0 Å². The van der Waals surface area contributed by atoms with E-state index in [4.69, 9.17) is 0 Å². The minimum atomic E-state index is -0.475. The van der Waals surface area contributed by atoms with Crippen molar-refractivity contribution in [1.29, 1.82) is 0 Å². The number of rotatable bonds is 5. The maximum atomic E-state index is 13.8. The normalized spacial score (nSPS) is 26.7. The van der Waals surface area contributed by atoms with Gasteiger partial charge >= 0.3 is 0 Å². The molecule has 0 unspecified atom stereocenters. The highest BCUT2D eigenvalue weighted by molar-refractivity contribution is 5.76. The molecule has 1 saturated carbocycles. The number of nitrogens with zero attached hydrogens (tertiary/aromatic N) is 3. The summed E-state index contributed by atoms with van der Waals surface area (Å²) in [5.41, 5.74) is 0.580. The summed E-state index contributed by atoms with van der Waals surface area (Å²) in [5, 5.41) is 13.8. The zero-order valence-electron chi connectivity index (χ0n) is 15.7. The second kappa shape index (κ2) is 8.22. The Labute approximate surface area is 163 Å². The van der Waals surface area contributed by atoms with E-state index in [0.717, 1.165) is 6.42 Å². The summed E-state index contributed by atoms with van der Waals surface area (Å²) in [6.45, 7) is 1.38. The number of aryl methyl sites for hydroxylation is 1. The minimum Gasteiger partial charge on any atom is -0.391 e. The molecule has 2 aliphatic rings. The van der Waals surface area contributed by atoms with E-state index in [1.807, 2.05) is 4.90 Å². The Morgan fingerprint density at radius 2 is 2.00 bits per heavy atom. The Kier molecular flexibility index (Phi) is 5.52. The van der Waals surface area contributed by atoms with Gasteiger partial charge in [0, 0.05) is 31.9 Å². The predicted molar refractivity (Wildman–Crippen MR) is 103 cm³/mol. The van der Waals surface area contributed by atoms with Crippen LogP contribution < -0.4 is 5.32 Å². The number of amides is 1. The molecule has 6 nitrogen and oxygen atoms in total. The number of benzene rings is 1. The van der Waals surface area contributed by atoms with Gasteiger partial charge in [-0.25, -0.2) is 9.37 Å². The molecule has 148 valence electrons. The standard InChI is InChI=1S/C21H25FN4O2/c22-17-4-2-1-3-14(17)5-6-21(28)26-12-15-9-18(19(27)10-16(15)13-26)25-20-11-23-7-8-24-20/h1-4,7-8,11,15-16,18-19,27H,5-6,9-10,12-13H2,(H,24,25)/t15-,16+,18-,19-/m1/s1. The Balaban J connectivity index is 1.32. The molecule has 0 radical (unpaired) electrons. The van der Waals surface area contributed by atoms with Crippen LogP contribution in [-0.4, -0.2) is 51.1 Å². The first-order chi connectivity index (χ1) is 13.6. The maximum Gasteiger partial charge on any atom is 0.222 e. The number of anilines is 1. The number of halogens is 1. The molecule has 0 bridgehead atoms. The molecule has 4 atom stereocenters. The Bertz CT molecular complexity index is 819. The zero-order valence-corrected chi connectivity index (χ0v) is 15.7. The molecule has 7 heteroatoms. The summed E-state index contributed by atoms with van der Waals surface area (Å²) < 4.78 is 13.8. The summed E-state index contributed by atoms with van der Waals surface area (Å²) in [7, 11) is 0. The van der Waals surface area contributed by atoms with E-state index in [1.165, 1.54) is 6.07 Å². The van der Waals surface area contributed by atoms with E-state index in [1.54, 1.807) is 36.8 Å². The molecule has 1 aromatic carbocycles. The highest BCUT2D eigenvalue weighted by Crippen LogP contribution is 2.37. The highest BCUT2D eigenvalue weighted by Gasteiger charge is 2.42. The van der Waals surface area contributed by atoms with Crippen molar-refractivity contribution in [3.8, 4) is 0 Å². The molecule has 0 spiro atoms. The summed E-state index contributed by atoms with van der Waals surface area (Å²) in [4.78, 5) is 22.8. The van der Waals surface area contributed by atoms with Crippen LogP contribution in [0, 0.1) is 17.7 Å². The zero-order chi connectivity index (χ0) is 19.5. The maximum absolute atomic E-state index is 13.8. The molecule has 1 aliphatic carbocycles. The lowest BCUT2D eigenvalue weighted by Crippen LogP contribution is -2.43. The molecule has 2 aromatic rings. The summed E-state index contributed by atoms with van der Waals surface area (Å²) in [5.74, 6) is 1.13. The van der Waals surface area contributed by atoms with Crippen molar-refractivity contribution < 1.29 is 14.3 Å². The molecule has 1 aromatic heterocycles. The van der Waals surface area contributed by atoms with Crippen molar-refractivity contribution in [2.24, 2.45) is 11.8 Å². The van der Waals surface area contributed by atoms with Crippen LogP contribution in [-0.2, 0) is 11.2 Å². The first-order valence-corrected chi connectivity index (χ1v) is 9.82. The van der Waals surface area contributed by atoms with Gasteiger partial charge < -0.3 is 15.3 Å². The first-order valence-electron chi connectivity index (χ1n) is 9.82. The Hall–Kier alpha value is -2.54. The van der Waals surface area contributed by atoms with Gasteiger partial charge in [-0.1, -0.05) is 18.2 Å². The van der Waals surface area contributed by atoms with Gasteiger partial charge in [-0.15, -0.1) is 0 Å². The van der Waals surface area contributed by atoms with E-state index in [2.05, 4.69) is 15.3 Å². The molecule has 1 amide bonds. The summed E-state index contributed by atoms with van der Waals surface area (Å²) in [6.07, 6.45) is 6.58. The number of aliphatic hydroxyl groups excluding tert-OH is 1. The number of carbonyl (C=O) groups is 1. The topological polar surface area (TPSA) is 78.4 Å². The number of carbonyl (C=O) groups excluding carboxylic acids is 1. The van der Waals surface area contributed by atoms with E-state index >= 15 is 0 Å². The van der Waals surface area contributed by atoms with Crippen molar-refractivity contribution in [2.45, 2.75) is 37.8 Å². The Morgan fingerprint density at radius 1 is 1.21 bits per heavy atom. The SMILES string of the molecule is O=C(CCc1ccccc1F)N1C[C@H]2C[C@@H](Nc3cnccn3)[C@H](O)C[C@H]2C1. The van der Waals surface area contributed by atoms with Crippen LogP contribution in [0.1, 0.15) is 24.8 Å². The monoisotopic (exact) mass is 384 g/mol. The lowest BCUT2D eigenvalue weighted by atomic mass is 9.77. The first kappa shape index (κ1) is 18.8. The second-order valence-corrected chi connectivity index (χ2v) is 7.79. The fourth-order valence-corrected chi connectivity index (χ4v) is 4.45. The molecule has 4 rings (SSSR count). The van der Waals surface area contributed by atoms with Crippen LogP contribution in [0.25, 0.3) is 0 Å². The molecule has 28 heavy (non-hydrogen) atoms. The third-order valence-electron chi connectivity index (χ3n) is 5.96. The smallest absolute Gasteiger partial charge is 0.222 e. The van der Waals surface area contributed by atoms with Gasteiger partial charge in [-0.3, -0.25) is 9.78 Å². The molecule has 2 N–H and O–H groups in total. The minimum absolute atomic E-state index is 0.0607. The van der Waals surface area contributed by atoms with Crippen LogP contribution in [0.4, 0.5) is 10.2 Å². The van der Waals surface area contributed by atoms with Gasteiger partial charge in [0.25, 0.3) is 0 Å². The summed E-state index contributed by atoms with van der Waals surface area (Å²) >= 11 is 0. The average Bonchev–Trinajstić information content (AvgIpc) is 3.11. The summed E-state index contributed by atoms with van der Waals surface area (Å²) in [6, 6.07) is 6.51. The van der Waals surface area contributed by atoms with E-state index < -0.39 is 6.10 Å². The quantitative estimate of drug-likeness (QED) is 0.827. The third kappa shape index (κ3) is 4.14. The lowest BCUT2D eigenvalue weighted by Gasteiger charge is -2.35. The van der Waals surface area contributed by atoms with Crippen LogP contribution in [0.3, 0.4) is 0 Å². The highest BCUT2D eigenvalue weighted by atomic mass is 19.1. The van der Waals surface area contributed by atoms with Gasteiger partial charge in [0.15, 0.2) is 0 Å². The van der Waals surface area contributed by atoms with E-state index in [0.29, 0.717) is 55.6 Å². The average molecular weight is 384 g/mol. The molecule has 2 fully saturated rings. The second-order valence-electron chi connectivity index (χ2n) is 7.79. The van der Waals surface area contributed by atoms with Gasteiger partial charge in [0.05, 0.1) is 18.3 Å². The van der Waals surface area contributed by atoms with E-state index in [-0.39, 0.29) is 17.8 Å². The number of hydrogen-bond donors (Lipinski definition) is 2. The van der Waals surface area contributed by atoms with Crippen LogP contribution in [0.15, 0.2) is 42.9 Å². The van der Waals surface area contributed by atoms with Crippen molar-refractivity contribution in [2.75, 3.05) is 18.4 Å². The molecule has 2 heterocycles. The van der Waals surface area contributed by atoms with Gasteiger partial charge in [-0.05, 0) is 42.7 Å². The number of fused-ring (bicyclic) bond motifs is 1. The van der Waals surface area contributed by atoms with Gasteiger partial charge in [-0.2, -0.15) is 0 Å². The number of hydrogen-bond acceptors (Lipinski definition) is 5. The molecule has 1 aliphatic heterocycles. The number of aliphatic hydroxyl groups is 1. The number of likely N-dealkylation sites (tertiary alicyclic amines) is 1. The Morgan fingerprint density at radius 3 is 2.75 bits per heavy atom. The number of aromatic nitrogens is 2. The van der Waals surface area contributed by atoms with E-state index in [9.17, 15) is 14.3 Å². The molecule has 1 saturated heterocycles. The van der Waals surface area contributed by atoms with Crippen molar-refractivity contribution in [3.05, 3.63) is 54.2 Å². The fourth-order valence-electron chi connectivity index (χ4n) is 4.45. The third-order valence-corrected chi connectivity index (χ3v) is 5.96. The lowest BCUT2D eigenvalue weighted by molar-refractivity contribution is -0.130. The molecular weight excluding hydrogens is 359 g/mol.